The molecule has 0 saturated carbocycles. The van der Waals surface area contributed by atoms with Gasteiger partial charge >= 0.3 is 0 Å². The average Bonchev–Trinajstić information content (AvgIpc) is 2.56. The number of rotatable bonds is 3. The smallest absolute Gasteiger partial charge is 0.141 e. The van der Waals surface area contributed by atoms with Crippen molar-refractivity contribution in [3.8, 4) is 11.1 Å². The van der Waals surface area contributed by atoms with Gasteiger partial charge in [0, 0.05) is 0 Å². The molecule has 0 amide bonds. The fraction of sp³-hybridized carbons (Fsp3) is 0. The number of benzene rings is 2. The number of nitrogen functional groups attached to an aromatic ring is 1. The van der Waals surface area contributed by atoms with Crippen molar-refractivity contribution in [3.05, 3.63) is 78.2 Å². The van der Waals surface area contributed by atoms with Gasteiger partial charge in [0.05, 0.1) is 18.1 Å². The van der Waals surface area contributed by atoms with Gasteiger partial charge in [-0.15, -0.1) is 0 Å². The minimum atomic E-state index is 0.430. The molecule has 0 unspecified atom stereocenters. The van der Waals surface area contributed by atoms with Crippen molar-refractivity contribution in [2.75, 3.05) is 5.73 Å². The Morgan fingerprint density at radius 2 is 1.43 bits per heavy atom. The summed E-state index contributed by atoms with van der Waals surface area (Å²) in [7, 11) is 0. The molecule has 0 fully saturated rings. The summed E-state index contributed by atoms with van der Waals surface area (Å²) in [4.78, 5) is 8.19. The third-order valence-corrected chi connectivity index (χ3v) is 3.16. The first-order chi connectivity index (χ1) is 10.3. The maximum absolute atomic E-state index is 5.51. The molecule has 0 spiro atoms. The molecular weight excluding hydrogens is 258 g/mol. The Bertz CT molecular complexity index is 730. The van der Waals surface area contributed by atoms with Gasteiger partial charge < -0.3 is 5.73 Å². The second kappa shape index (κ2) is 6.01. The molecule has 3 nitrogen and oxygen atoms in total. The number of nitrogens with zero attached hydrogens (tertiary/aromatic N) is 2. The van der Waals surface area contributed by atoms with Crippen LogP contribution in [0.15, 0.2) is 67.0 Å². The molecule has 2 aromatic carbocycles. The summed E-state index contributed by atoms with van der Waals surface area (Å²) in [5, 5.41) is 0. The van der Waals surface area contributed by atoms with Gasteiger partial charge in [0.25, 0.3) is 0 Å². The van der Waals surface area contributed by atoms with Crippen LogP contribution in [0.5, 0.6) is 0 Å². The maximum atomic E-state index is 5.51. The van der Waals surface area contributed by atoms with Crippen LogP contribution in [0.2, 0.25) is 0 Å². The van der Waals surface area contributed by atoms with Crippen molar-refractivity contribution >= 4 is 18.0 Å². The molecule has 1 aromatic heterocycles. The van der Waals surface area contributed by atoms with Crippen molar-refractivity contribution in [1.82, 2.24) is 9.97 Å². The maximum Gasteiger partial charge on any atom is 0.141 e. The lowest BCUT2D eigenvalue weighted by Crippen LogP contribution is -1.91. The molecule has 1 heterocycles. The van der Waals surface area contributed by atoms with Crippen LogP contribution in [0.1, 0.15) is 11.3 Å². The van der Waals surface area contributed by atoms with Crippen LogP contribution in [0, 0.1) is 0 Å². The van der Waals surface area contributed by atoms with E-state index in [1.54, 1.807) is 12.4 Å². The molecule has 2 N–H and O–H groups in total. The van der Waals surface area contributed by atoms with Gasteiger partial charge in [-0.1, -0.05) is 60.7 Å². The topological polar surface area (TPSA) is 51.8 Å². The molecule has 0 aliphatic heterocycles. The van der Waals surface area contributed by atoms with Gasteiger partial charge in [-0.25, -0.2) is 4.98 Å². The van der Waals surface area contributed by atoms with E-state index in [9.17, 15) is 0 Å². The van der Waals surface area contributed by atoms with Gasteiger partial charge in [-0.05, 0) is 22.8 Å². The first kappa shape index (κ1) is 13.1. The lowest BCUT2D eigenvalue weighted by atomic mass is 10.0. The highest BCUT2D eigenvalue weighted by Crippen LogP contribution is 2.19. The normalized spacial score (nSPS) is 10.9. The Hall–Kier alpha value is -2.94. The van der Waals surface area contributed by atoms with Crippen LogP contribution in [0.3, 0.4) is 0 Å². The van der Waals surface area contributed by atoms with Gasteiger partial charge in [-0.2, -0.15) is 0 Å². The summed E-state index contributed by atoms with van der Waals surface area (Å²) >= 11 is 0. The summed E-state index contributed by atoms with van der Waals surface area (Å²) in [6.07, 6.45) is 7.14. The molecule has 3 heteroatoms. The molecule has 0 bridgehead atoms. The van der Waals surface area contributed by atoms with E-state index in [1.165, 1.54) is 11.1 Å². The third kappa shape index (κ3) is 3.34. The first-order valence-corrected chi connectivity index (χ1v) is 6.72. The molecule has 0 atom stereocenters. The highest BCUT2D eigenvalue weighted by atomic mass is 14.9. The second-order valence-corrected chi connectivity index (χ2v) is 4.69. The number of anilines is 1. The van der Waals surface area contributed by atoms with Gasteiger partial charge in [0.15, 0.2) is 0 Å². The van der Waals surface area contributed by atoms with Gasteiger partial charge in [0.2, 0.25) is 0 Å². The standard InChI is InChI=1S/C18H15N3/c19-18-13-20-17(12-21-18)11-8-14-6-9-16(10-7-14)15-4-2-1-3-5-15/h1-13H,(H2,19,21)/b11-8+. The quantitative estimate of drug-likeness (QED) is 0.787. The summed E-state index contributed by atoms with van der Waals surface area (Å²) in [5.74, 6) is 0.430. The van der Waals surface area contributed by atoms with Crippen LogP contribution >= 0.6 is 0 Å². The van der Waals surface area contributed by atoms with E-state index in [0.29, 0.717) is 5.82 Å². The van der Waals surface area contributed by atoms with Crippen molar-refractivity contribution in [2.24, 2.45) is 0 Å². The van der Waals surface area contributed by atoms with Crippen molar-refractivity contribution < 1.29 is 0 Å². The van der Waals surface area contributed by atoms with Crippen molar-refractivity contribution in [3.63, 3.8) is 0 Å². The molecular formula is C18H15N3. The second-order valence-electron chi connectivity index (χ2n) is 4.69. The summed E-state index contributed by atoms with van der Waals surface area (Å²) < 4.78 is 0. The van der Waals surface area contributed by atoms with E-state index < -0.39 is 0 Å². The molecule has 21 heavy (non-hydrogen) atoms. The van der Waals surface area contributed by atoms with Crippen LogP contribution in [0.4, 0.5) is 5.82 Å². The van der Waals surface area contributed by atoms with Crippen molar-refractivity contribution in [2.45, 2.75) is 0 Å². The van der Waals surface area contributed by atoms with Crippen LogP contribution in [-0.2, 0) is 0 Å². The molecule has 102 valence electrons. The zero-order valence-electron chi connectivity index (χ0n) is 11.5. The number of nitrogens with two attached hydrogens (primary N) is 1. The molecule has 0 aliphatic rings. The van der Waals surface area contributed by atoms with Crippen LogP contribution < -0.4 is 5.73 Å². The summed E-state index contributed by atoms with van der Waals surface area (Å²) in [6, 6.07) is 18.7. The Morgan fingerprint density at radius 3 is 2.10 bits per heavy atom. The fourth-order valence-corrected chi connectivity index (χ4v) is 2.03. The van der Waals surface area contributed by atoms with E-state index in [2.05, 4.69) is 46.4 Å². The summed E-state index contributed by atoms with van der Waals surface area (Å²) in [5.41, 5.74) is 9.84. The molecule has 3 rings (SSSR count). The predicted octanol–water partition coefficient (Wildman–Crippen LogP) is 3.90. The Balaban J connectivity index is 1.77. The van der Waals surface area contributed by atoms with E-state index in [1.807, 2.05) is 30.4 Å². The number of hydrogen-bond donors (Lipinski definition) is 1. The minimum absolute atomic E-state index is 0.430. The Morgan fingerprint density at radius 1 is 0.714 bits per heavy atom. The van der Waals surface area contributed by atoms with Gasteiger partial charge in [0.1, 0.15) is 5.82 Å². The van der Waals surface area contributed by atoms with Crippen LogP contribution in [-0.4, -0.2) is 9.97 Å². The third-order valence-electron chi connectivity index (χ3n) is 3.16. The summed E-state index contributed by atoms with van der Waals surface area (Å²) in [6.45, 7) is 0. The van der Waals surface area contributed by atoms with E-state index in [4.69, 9.17) is 5.73 Å². The molecule has 0 radical (unpaired) electrons. The molecule has 0 aliphatic carbocycles. The Kier molecular flexibility index (Phi) is 3.74. The zero-order valence-corrected chi connectivity index (χ0v) is 11.5. The first-order valence-electron chi connectivity index (χ1n) is 6.72. The lowest BCUT2D eigenvalue weighted by molar-refractivity contribution is 1.19. The van der Waals surface area contributed by atoms with E-state index in [-0.39, 0.29) is 0 Å². The van der Waals surface area contributed by atoms with E-state index in [0.717, 1.165) is 11.3 Å². The minimum Gasteiger partial charge on any atom is -0.382 e. The monoisotopic (exact) mass is 273 g/mol. The predicted molar refractivity (Wildman–Crippen MR) is 87.3 cm³/mol. The highest BCUT2D eigenvalue weighted by molar-refractivity contribution is 5.71. The van der Waals surface area contributed by atoms with Crippen LogP contribution in [0.25, 0.3) is 23.3 Å². The largest absolute Gasteiger partial charge is 0.382 e. The zero-order chi connectivity index (χ0) is 14.5. The number of aromatic nitrogens is 2. The lowest BCUT2D eigenvalue weighted by Gasteiger charge is -2.01. The Labute approximate surface area is 123 Å². The van der Waals surface area contributed by atoms with Gasteiger partial charge in [-0.3, -0.25) is 4.98 Å². The molecule has 0 saturated heterocycles. The van der Waals surface area contributed by atoms with Crippen molar-refractivity contribution in [1.29, 1.82) is 0 Å². The number of hydrogen-bond acceptors (Lipinski definition) is 3. The SMILES string of the molecule is Nc1cnc(/C=C/c2ccc(-c3ccccc3)cc2)cn1. The molecule has 3 aromatic rings. The average molecular weight is 273 g/mol. The fourth-order valence-electron chi connectivity index (χ4n) is 2.03. The highest BCUT2D eigenvalue weighted by Gasteiger charge is 1.96. The van der Waals surface area contributed by atoms with E-state index >= 15 is 0 Å².